The molecule has 0 amide bonds. The summed E-state index contributed by atoms with van der Waals surface area (Å²) in [5, 5.41) is 0. The lowest BCUT2D eigenvalue weighted by molar-refractivity contribution is 0.185. The van der Waals surface area contributed by atoms with Gasteiger partial charge in [0.05, 0.1) is 12.6 Å². The molecule has 0 bridgehead atoms. The van der Waals surface area contributed by atoms with Crippen molar-refractivity contribution < 1.29 is 0 Å². The maximum absolute atomic E-state index is 3.99. The van der Waals surface area contributed by atoms with E-state index in [9.17, 15) is 0 Å². The van der Waals surface area contributed by atoms with Crippen LogP contribution in [0, 0.1) is 0 Å². The number of hydrogen-bond acceptors (Lipinski definition) is 4. The summed E-state index contributed by atoms with van der Waals surface area (Å²) in [6.45, 7) is 17.0. The lowest BCUT2D eigenvalue weighted by atomic mass is 10.2. The Hall–Kier alpha value is -0.410. The summed E-state index contributed by atoms with van der Waals surface area (Å²) in [7, 11) is 4.12. The highest BCUT2D eigenvalue weighted by molar-refractivity contribution is 5.85. The Morgan fingerprint density at radius 3 is 1.76 bits per heavy atom. The third kappa shape index (κ3) is 19.6. The van der Waals surface area contributed by atoms with Gasteiger partial charge in [-0.15, -0.1) is 12.4 Å². The zero-order valence-electron chi connectivity index (χ0n) is 15.4. The van der Waals surface area contributed by atoms with Crippen molar-refractivity contribution in [2.75, 3.05) is 40.3 Å². The van der Waals surface area contributed by atoms with Gasteiger partial charge in [-0.2, -0.15) is 0 Å². The van der Waals surface area contributed by atoms with E-state index in [0.29, 0.717) is 12.1 Å². The Morgan fingerprint density at radius 2 is 1.48 bits per heavy atom. The van der Waals surface area contributed by atoms with E-state index in [1.807, 2.05) is 6.92 Å². The van der Waals surface area contributed by atoms with Crippen molar-refractivity contribution in [3.8, 4) is 0 Å². The van der Waals surface area contributed by atoms with Crippen molar-refractivity contribution in [3.63, 3.8) is 0 Å². The maximum atomic E-state index is 3.99. The minimum atomic E-state index is 0. The lowest BCUT2D eigenvalue weighted by Crippen LogP contribution is -2.36. The van der Waals surface area contributed by atoms with E-state index in [1.54, 1.807) is 0 Å². The number of hydrogen-bond donors (Lipinski definition) is 0. The summed E-state index contributed by atoms with van der Waals surface area (Å²) in [6, 6.07) is 4.02. The largest absolute Gasteiger partial charge is 0.309 e. The van der Waals surface area contributed by atoms with Crippen LogP contribution in [0.25, 0.3) is 0 Å². The van der Waals surface area contributed by atoms with E-state index in [-0.39, 0.29) is 12.4 Å². The van der Waals surface area contributed by atoms with Gasteiger partial charge in [0.15, 0.2) is 0 Å². The van der Waals surface area contributed by atoms with Gasteiger partial charge in [0.2, 0.25) is 0 Å². The molecule has 0 aromatic rings. The molecule has 0 N–H and O–H groups in total. The fourth-order valence-electron chi connectivity index (χ4n) is 1.96. The quantitative estimate of drug-likeness (QED) is 0.504. The molecule has 5 heteroatoms. The van der Waals surface area contributed by atoms with Crippen LogP contribution in [0.2, 0.25) is 0 Å². The van der Waals surface area contributed by atoms with Crippen LogP contribution in [0.5, 0.6) is 0 Å². The first-order valence-corrected chi connectivity index (χ1v) is 7.85. The number of halogens is 1. The van der Waals surface area contributed by atoms with Crippen molar-refractivity contribution >= 4 is 18.4 Å². The summed E-state index contributed by atoms with van der Waals surface area (Å²) in [5.74, 6) is 0. The molecule has 0 aromatic carbocycles. The highest BCUT2D eigenvalue weighted by atomic mass is 35.5. The molecule has 0 heterocycles. The molecular formula is C16H37ClN4. The predicted octanol–water partition coefficient (Wildman–Crippen LogP) is 3.68. The van der Waals surface area contributed by atoms with Gasteiger partial charge in [-0.3, -0.25) is 4.90 Å². The number of rotatable bonds is 8. The first kappa shape index (κ1) is 25.5. The molecule has 0 aliphatic carbocycles. The fourth-order valence-corrected chi connectivity index (χ4v) is 1.96. The van der Waals surface area contributed by atoms with Crippen LogP contribution in [-0.4, -0.2) is 68.2 Å². The molecule has 0 unspecified atom stereocenters. The maximum Gasteiger partial charge on any atom is 0.0892 e. The van der Waals surface area contributed by atoms with Crippen LogP contribution in [0.15, 0.2) is 9.98 Å². The van der Waals surface area contributed by atoms with Crippen molar-refractivity contribution in [3.05, 3.63) is 0 Å². The first-order chi connectivity index (χ1) is 9.36. The molecular weight excluding hydrogens is 284 g/mol. The van der Waals surface area contributed by atoms with Crippen LogP contribution >= 0.6 is 12.4 Å². The van der Waals surface area contributed by atoms with Crippen molar-refractivity contribution in [2.45, 2.75) is 60.0 Å². The van der Waals surface area contributed by atoms with Gasteiger partial charge in [0.25, 0.3) is 0 Å². The molecule has 128 valence electrons. The second kappa shape index (κ2) is 17.6. The minimum absolute atomic E-state index is 0. The van der Waals surface area contributed by atoms with Crippen LogP contribution in [0.3, 0.4) is 0 Å². The molecule has 0 radical (unpaired) electrons. The molecule has 0 saturated carbocycles. The van der Waals surface area contributed by atoms with Gasteiger partial charge in [0, 0.05) is 18.6 Å². The van der Waals surface area contributed by atoms with Crippen molar-refractivity contribution in [1.29, 1.82) is 0 Å². The number of aliphatic imine (C=N–C) groups is 2. The van der Waals surface area contributed by atoms with Crippen molar-refractivity contribution in [1.82, 2.24) is 9.80 Å². The molecule has 0 spiro atoms. The van der Waals surface area contributed by atoms with Crippen molar-refractivity contribution in [2.24, 2.45) is 9.98 Å². The third-order valence-corrected chi connectivity index (χ3v) is 2.87. The van der Waals surface area contributed by atoms with E-state index in [0.717, 1.165) is 32.6 Å². The molecule has 21 heavy (non-hydrogen) atoms. The van der Waals surface area contributed by atoms with E-state index >= 15 is 0 Å². The van der Waals surface area contributed by atoms with E-state index < -0.39 is 0 Å². The van der Waals surface area contributed by atoms with Crippen LogP contribution in [0.4, 0.5) is 0 Å². The standard InChI is InChI=1S/C8H17N3.C8H19N.ClH/c1-4-9-8-10-6-5-7-11(2)3;1-6-9(7(2)3)8(4)5;/h4-7H2,1-3H3;7-8H,6H2,1-5H3;1H. The van der Waals surface area contributed by atoms with Gasteiger partial charge >= 0.3 is 0 Å². The molecule has 0 aliphatic rings. The van der Waals surface area contributed by atoms with E-state index in [1.165, 1.54) is 0 Å². The lowest BCUT2D eigenvalue weighted by Gasteiger charge is -2.28. The highest BCUT2D eigenvalue weighted by Gasteiger charge is 2.08. The second-order valence-electron chi connectivity index (χ2n) is 5.63. The summed E-state index contributed by atoms with van der Waals surface area (Å²) in [6.07, 6.45) is 1.08. The second-order valence-corrected chi connectivity index (χ2v) is 5.63. The zero-order valence-corrected chi connectivity index (χ0v) is 16.2. The van der Waals surface area contributed by atoms with Crippen LogP contribution in [-0.2, 0) is 0 Å². The van der Waals surface area contributed by atoms with Crippen LogP contribution < -0.4 is 0 Å². The summed E-state index contributed by atoms with van der Waals surface area (Å²) in [5.41, 5.74) is 0. The zero-order chi connectivity index (χ0) is 16.0. The summed E-state index contributed by atoms with van der Waals surface area (Å²) < 4.78 is 0. The van der Waals surface area contributed by atoms with Gasteiger partial charge in [-0.1, -0.05) is 6.92 Å². The Kier molecular flexibility index (Phi) is 21.5. The molecule has 0 rings (SSSR count). The molecule has 0 fully saturated rings. The van der Waals surface area contributed by atoms with Gasteiger partial charge in [0.1, 0.15) is 0 Å². The van der Waals surface area contributed by atoms with E-state index in [2.05, 4.69) is 74.5 Å². The van der Waals surface area contributed by atoms with E-state index in [4.69, 9.17) is 0 Å². The minimum Gasteiger partial charge on any atom is -0.309 e. The molecule has 0 aromatic heterocycles. The monoisotopic (exact) mass is 320 g/mol. The summed E-state index contributed by atoms with van der Waals surface area (Å²) >= 11 is 0. The molecule has 0 saturated heterocycles. The third-order valence-electron chi connectivity index (χ3n) is 2.87. The average molecular weight is 321 g/mol. The Labute approximate surface area is 139 Å². The Bertz CT molecular complexity index is 251. The highest BCUT2D eigenvalue weighted by Crippen LogP contribution is 2.02. The summed E-state index contributed by atoms with van der Waals surface area (Å²) in [4.78, 5) is 12.5. The van der Waals surface area contributed by atoms with Gasteiger partial charge in [-0.25, -0.2) is 9.98 Å². The predicted molar refractivity (Wildman–Crippen MR) is 98.3 cm³/mol. The van der Waals surface area contributed by atoms with Gasteiger partial charge < -0.3 is 4.90 Å². The topological polar surface area (TPSA) is 31.2 Å². The first-order valence-electron chi connectivity index (χ1n) is 7.85. The molecule has 0 aliphatic heterocycles. The smallest absolute Gasteiger partial charge is 0.0892 e. The Morgan fingerprint density at radius 1 is 0.952 bits per heavy atom. The number of nitrogens with zero attached hydrogens (tertiary/aromatic N) is 4. The fraction of sp³-hybridized carbons (Fsp3) is 0.938. The Balaban J connectivity index is -0.000000300. The normalized spacial score (nSPS) is 10.1. The molecule has 4 nitrogen and oxygen atoms in total. The van der Waals surface area contributed by atoms with Crippen LogP contribution in [0.1, 0.15) is 48.0 Å². The average Bonchev–Trinajstić information content (AvgIpc) is 2.34. The van der Waals surface area contributed by atoms with Gasteiger partial charge in [-0.05, 0) is 68.2 Å². The SMILES string of the molecule is CCN(C(C)C)C(C)C.CCN=C=NCCCN(C)C.Cl. The molecule has 0 atom stereocenters.